The number of nitrogens with one attached hydrogen (secondary N) is 1. The molecule has 0 radical (unpaired) electrons. The number of rotatable bonds is 5. The smallest absolute Gasteiger partial charge is 0.222 e. The van der Waals surface area contributed by atoms with E-state index >= 15 is 0 Å². The van der Waals surface area contributed by atoms with Crippen molar-refractivity contribution in [2.75, 3.05) is 30.3 Å². The lowest BCUT2D eigenvalue weighted by Gasteiger charge is -2.40. The van der Waals surface area contributed by atoms with Gasteiger partial charge in [0.05, 0.1) is 11.7 Å². The van der Waals surface area contributed by atoms with Crippen molar-refractivity contribution in [1.82, 2.24) is 15.3 Å². The first-order valence-electron chi connectivity index (χ1n) is 9.33. The van der Waals surface area contributed by atoms with Gasteiger partial charge in [0.15, 0.2) is 0 Å². The second-order valence-electron chi connectivity index (χ2n) is 7.35. The Labute approximate surface area is 155 Å². The van der Waals surface area contributed by atoms with E-state index in [1.54, 1.807) is 6.92 Å². The molecule has 142 valence electrons. The molecule has 1 aromatic rings. The summed E-state index contributed by atoms with van der Waals surface area (Å²) in [6.45, 7) is 9.73. The summed E-state index contributed by atoms with van der Waals surface area (Å²) >= 11 is 0. The number of carbonyl (C=O) groups excluding carboxylic acids is 1. The van der Waals surface area contributed by atoms with Crippen LogP contribution in [-0.4, -0.2) is 47.2 Å². The van der Waals surface area contributed by atoms with Gasteiger partial charge in [-0.1, -0.05) is 6.08 Å². The fourth-order valence-corrected chi connectivity index (χ4v) is 4.04. The van der Waals surface area contributed by atoms with Crippen LogP contribution in [0.4, 0.5) is 11.8 Å². The molecule has 2 saturated heterocycles. The van der Waals surface area contributed by atoms with E-state index in [1.807, 2.05) is 13.0 Å². The SMILES string of the molecule is C=CCc1c(C)nc(N)nc1N1CCC2(CCC(CNC(C)=O)O2)CC1. The van der Waals surface area contributed by atoms with E-state index < -0.39 is 0 Å². The summed E-state index contributed by atoms with van der Waals surface area (Å²) in [5.74, 6) is 1.24. The van der Waals surface area contributed by atoms with Crippen molar-refractivity contribution in [2.45, 2.75) is 57.7 Å². The maximum Gasteiger partial charge on any atom is 0.222 e. The van der Waals surface area contributed by atoms with Gasteiger partial charge in [0.25, 0.3) is 0 Å². The number of hydrogen-bond donors (Lipinski definition) is 2. The Hall–Kier alpha value is -2.15. The summed E-state index contributed by atoms with van der Waals surface area (Å²) in [6, 6.07) is 0. The lowest BCUT2D eigenvalue weighted by molar-refractivity contribution is -0.120. The minimum atomic E-state index is -0.0636. The first-order valence-corrected chi connectivity index (χ1v) is 9.33. The van der Waals surface area contributed by atoms with E-state index in [-0.39, 0.29) is 17.6 Å². The summed E-state index contributed by atoms with van der Waals surface area (Å²) in [5, 5.41) is 2.86. The Kier molecular flexibility index (Phi) is 5.46. The maximum absolute atomic E-state index is 11.1. The zero-order chi connectivity index (χ0) is 18.7. The van der Waals surface area contributed by atoms with Gasteiger partial charge in [0, 0.05) is 37.8 Å². The third-order valence-corrected chi connectivity index (χ3v) is 5.45. The predicted octanol–water partition coefficient (Wildman–Crippen LogP) is 1.75. The zero-order valence-electron chi connectivity index (χ0n) is 15.8. The largest absolute Gasteiger partial charge is 0.370 e. The normalized spacial score (nSPS) is 21.8. The van der Waals surface area contributed by atoms with Crippen LogP contribution in [0.2, 0.25) is 0 Å². The summed E-state index contributed by atoms with van der Waals surface area (Å²) in [4.78, 5) is 22.2. The Bertz CT molecular complexity index is 683. The average molecular weight is 359 g/mol. The topological polar surface area (TPSA) is 93.4 Å². The van der Waals surface area contributed by atoms with Crippen molar-refractivity contribution in [2.24, 2.45) is 0 Å². The molecule has 2 aliphatic rings. The number of aromatic nitrogens is 2. The first-order chi connectivity index (χ1) is 12.4. The molecule has 2 aliphatic heterocycles. The molecule has 26 heavy (non-hydrogen) atoms. The molecule has 3 N–H and O–H groups in total. The molecule has 3 rings (SSSR count). The Morgan fingerprint density at radius 2 is 2.15 bits per heavy atom. The van der Waals surface area contributed by atoms with Gasteiger partial charge in [-0.25, -0.2) is 4.98 Å². The second-order valence-corrected chi connectivity index (χ2v) is 7.35. The van der Waals surface area contributed by atoms with Gasteiger partial charge in [-0.15, -0.1) is 6.58 Å². The van der Waals surface area contributed by atoms with Crippen molar-refractivity contribution < 1.29 is 9.53 Å². The van der Waals surface area contributed by atoms with E-state index in [1.165, 1.54) is 0 Å². The third kappa shape index (κ3) is 3.98. The maximum atomic E-state index is 11.1. The number of allylic oxidation sites excluding steroid dienone is 1. The minimum absolute atomic E-state index is 0.00385. The summed E-state index contributed by atoms with van der Waals surface area (Å²) in [6.07, 6.45) is 6.71. The molecule has 7 heteroatoms. The van der Waals surface area contributed by atoms with Gasteiger partial charge in [-0.2, -0.15) is 4.98 Å². The highest BCUT2D eigenvalue weighted by molar-refractivity contribution is 5.72. The molecular weight excluding hydrogens is 330 g/mol. The average Bonchev–Trinajstić information content (AvgIpc) is 2.99. The summed E-state index contributed by atoms with van der Waals surface area (Å²) in [7, 11) is 0. The number of nitrogens with two attached hydrogens (primary N) is 1. The van der Waals surface area contributed by atoms with Crippen molar-refractivity contribution >= 4 is 17.7 Å². The Morgan fingerprint density at radius 3 is 2.81 bits per heavy atom. The van der Waals surface area contributed by atoms with E-state index in [0.717, 1.165) is 62.3 Å². The molecule has 0 aromatic carbocycles. The van der Waals surface area contributed by atoms with Crippen LogP contribution >= 0.6 is 0 Å². The number of nitrogen functional groups attached to an aromatic ring is 1. The zero-order valence-corrected chi connectivity index (χ0v) is 15.8. The molecule has 1 amide bonds. The van der Waals surface area contributed by atoms with E-state index in [0.29, 0.717) is 12.5 Å². The van der Waals surface area contributed by atoms with Crippen molar-refractivity contribution in [3.63, 3.8) is 0 Å². The number of ether oxygens (including phenoxy) is 1. The highest BCUT2D eigenvalue weighted by Crippen LogP contribution is 2.40. The van der Waals surface area contributed by atoms with Gasteiger partial charge in [0.1, 0.15) is 5.82 Å². The predicted molar refractivity (Wildman–Crippen MR) is 102 cm³/mol. The molecule has 0 aliphatic carbocycles. The third-order valence-electron chi connectivity index (χ3n) is 5.45. The Balaban J connectivity index is 1.66. The molecule has 1 atom stereocenters. The molecule has 1 unspecified atom stereocenters. The van der Waals surface area contributed by atoms with Gasteiger partial charge < -0.3 is 20.7 Å². The van der Waals surface area contributed by atoms with Crippen LogP contribution in [0.15, 0.2) is 12.7 Å². The lowest BCUT2D eigenvalue weighted by atomic mass is 9.88. The second kappa shape index (κ2) is 7.61. The van der Waals surface area contributed by atoms with E-state index in [2.05, 4.69) is 26.8 Å². The number of aryl methyl sites for hydroxylation is 1. The van der Waals surface area contributed by atoms with Crippen molar-refractivity contribution in [3.05, 3.63) is 23.9 Å². The van der Waals surface area contributed by atoms with Crippen LogP contribution in [0.25, 0.3) is 0 Å². The molecule has 2 fully saturated rings. The number of carbonyl (C=O) groups is 1. The summed E-state index contributed by atoms with van der Waals surface area (Å²) in [5.41, 5.74) is 7.84. The molecule has 0 saturated carbocycles. The van der Waals surface area contributed by atoms with Crippen LogP contribution in [0.5, 0.6) is 0 Å². The van der Waals surface area contributed by atoms with Crippen molar-refractivity contribution in [1.29, 1.82) is 0 Å². The molecule has 3 heterocycles. The molecular formula is C19H29N5O2. The number of hydrogen-bond acceptors (Lipinski definition) is 6. The molecule has 0 bridgehead atoms. The van der Waals surface area contributed by atoms with Crippen molar-refractivity contribution in [3.8, 4) is 0 Å². The quantitative estimate of drug-likeness (QED) is 0.778. The number of anilines is 2. The molecule has 7 nitrogen and oxygen atoms in total. The summed E-state index contributed by atoms with van der Waals surface area (Å²) < 4.78 is 6.33. The number of nitrogens with zero attached hydrogens (tertiary/aromatic N) is 3. The van der Waals surface area contributed by atoms with Crippen LogP contribution in [0, 0.1) is 6.92 Å². The van der Waals surface area contributed by atoms with E-state index in [4.69, 9.17) is 10.5 Å². The van der Waals surface area contributed by atoms with Crippen LogP contribution < -0.4 is 16.0 Å². The van der Waals surface area contributed by atoms with Gasteiger partial charge >= 0.3 is 0 Å². The molecule has 1 aromatic heterocycles. The highest BCUT2D eigenvalue weighted by Gasteiger charge is 2.42. The first kappa shape index (κ1) is 18.6. The van der Waals surface area contributed by atoms with Gasteiger partial charge in [-0.05, 0) is 39.0 Å². The van der Waals surface area contributed by atoms with E-state index in [9.17, 15) is 4.79 Å². The van der Waals surface area contributed by atoms with Crippen LogP contribution in [0.1, 0.15) is 43.9 Å². The van der Waals surface area contributed by atoms with Crippen LogP contribution in [-0.2, 0) is 16.0 Å². The Morgan fingerprint density at radius 1 is 1.42 bits per heavy atom. The van der Waals surface area contributed by atoms with Gasteiger partial charge in [-0.3, -0.25) is 4.79 Å². The fraction of sp³-hybridized carbons (Fsp3) is 0.632. The minimum Gasteiger partial charge on any atom is -0.370 e. The van der Waals surface area contributed by atoms with Gasteiger partial charge in [0.2, 0.25) is 11.9 Å². The standard InChI is InChI=1S/C19H29N5O2/c1-4-5-16-13(2)22-18(20)23-17(16)24-10-8-19(9-11-24)7-6-15(26-19)12-21-14(3)25/h4,15H,1,5-12H2,2-3H3,(H,21,25)(H2,20,22,23). The monoisotopic (exact) mass is 359 g/mol. The highest BCUT2D eigenvalue weighted by atomic mass is 16.5. The fourth-order valence-electron chi connectivity index (χ4n) is 4.04. The van der Waals surface area contributed by atoms with Crippen LogP contribution in [0.3, 0.4) is 0 Å². The lowest BCUT2D eigenvalue weighted by Crippen LogP contribution is -2.45. The number of piperidine rings is 1. The number of amides is 1. The molecule has 1 spiro atoms.